The van der Waals surface area contributed by atoms with Gasteiger partial charge < -0.3 is 15.1 Å². The Labute approximate surface area is 139 Å². The summed E-state index contributed by atoms with van der Waals surface area (Å²) in [5, 5.41) is 6.59. The molecule has 1 heterocycles. The molecule has 122 valence electrons. The number of amides is 2. The lowest BCUT2D eigenvalue weighted by Gasteiger charge is -2.06. The summed E-state index contributed by atoms with van der Waals surface area (Å²) < 4.78 is 5.72. The van der Waals surface area contributed by atoms with Crippen LogP contribution in [-0.2, 0) is 11.2 Å². The summed E-state index contributed by atoms with van der Waals surface area (Å²) in [7, 11) is 0. The van der Waals surface area contributed by atoms with Gasteiger partial charge in [-0.05, 0) is 36.4 Å². The number of rotatable bonds is 5. The highest BCUT2D eigenvalue weighted by molar-refractivity contribution is 5.95. The van der Waals surface area contributed by atoms with Crippen molar-refractivity contribution >= 4 is 28.5 Å². The van der Waals surface area contributed by atoms with Gasteiger partial charge in [0, 0.05) is 36.5 Å². The number of benzene rings is 2. The Bertz CT molecular complexity index is 833. The van der Waals surface area contributed by atoms with Gasteiger partial charge in [0.1, 0.15) is 11.3 Å². The van der Waals surface area contributed by atoms with E-state index in [2.05, 4.69) is 10.6 Å². The second-order valence-electron chi connectivity index (χ2n) is 5.51. The van der Waals surface area contributed by atoms with Gasteiger partial charge in [0.05, 0.1) is 0 Å². The molecule has 0 saturated carbocycles. The van der Waals surface area contributed by atoms with Crippen LogP contribution in [-0.4, -0.2) is 18.4 Å². The third-order valence-electron chi connectivity index (χ3n) is 3.60. The van der Waals surface area contributed by atoms with E-state index in [0.29, 0.717) is 24.2 Å². The van der Waals surface area contributed by atoms with Gasteiger partial charge in [-0.2, -0.15) is 0 Å². The van der Waals surface area contributed by atoms with Crippen LogP contribution in [0.2, 0.25) is 0 Å². The minimum Gasteiger partial charge on any atom is -0.461 e. The molecule has 1 aromatic heterocycles. The molecular formula is C19H18N2O3. The Hall–Kier alpha value is -3.08. The fraction of sp³-hybridized carbons (Fsp3) is 0.158. The molecule has 2 N–H and O–H groups in total. The van der Waals surface area contributed by atoms with Crippen molar-refractivity contribution < 1.29 is 14.0 Å². The maximum absolute atomic E-state index is 12.1. The summed E-state index contributed by atoms with van der Waals surface area (Å²) in [6, 6.07) is 16.6. The maximum Gasteiger partial charge on any atom is 0.251 e. The highest BCUT2D eigenvalue weighted by Crippen LogP contribution is 2.18. The number of para-hydroxylation sites is 1. The van der Waals surface area contributed by atoms with Crippen molar-refractivity contribution in [1.82, 2.24) is 5.32 Å². The van der Waals surface area contributed by atoms with E-state index >= 15 is 0 Å². The predicted molar refractivity (Wildman–Crippen MR) is 93.0 cm³/mol. The summed E-state index contributed by atoms with van der Waals surface area (Å²) in [6.45, 7) is 1.94. The standard InChI is InChI=1S/C19H18N2O3/c1-13(22)21-16-8-6-14(7-9-16)19(23)20-11-10-17-12-15-4-2-3-5-18(15)24-17/h2-9,12H,10-11H2,1H3,(H,20,23)(H,21,22). The van der Waals surface area contributed by atoms with E-state index in [1.165, 1.54) is 6.92 Å². The minimum atomic E-state index is -0.152. The normalized spacial score (nSPS) is 10.5. The molecule has 0 spiro atoms. The second-order valence-corrected chi connectivity index (χ2v) is 5.51. The Morgan fingerprint density at radius 2 is 1.79 bits per heavy atom. The first-order valence-electron chi connectivity index (χ1n) is 7.75. The summed E-state index contributed by atoms with van der Waals surface area (Å²) in [5.41, 5.74) is 2.07. The van der Waals surface area contributed by atoms with Gasteiger partial charge in [0.2, 0.25) is 5.91 Å². The minimum absolute atomic E-state index is 0.141. The molecule has 2 aromatic carbocycles. The molecule has 5 nitrogen and oxygen atoms in total. The monoisotopic (exact) mass is 322 g/mol. The topological polar surface area (TPSA) is 71.3 Å². The Balaban J connectivity index is 1.54. The molecule has 0 bridgehead atoms. The van der Waals surface area contributed by atoms with E-state index in [4.69, 9.17) is 4.42 Å². The molecule has 3 aromatic rings. The lowest BCUT2D eigenvalue weighted by molar-refractivity contribution is -0.114. The number of carbonyl (C=O) groups is 2. The average molecular weight is 322 g/mol. The van der Waals surface area contributed by atoms with Crippen molar-refractivity contribution in [3.05, 3.63) is 65.9 Å². The van der Waals surface area contributed by atoms with Gasteiger partial charge >= 0.3 is 0 Å². The van der Waals surface area contributed by atoms with Crippen LogP contribution in [0, 0.1) is 0 Å². The van der Waals surface area contributed by atoms with Crippen LogP contribution >= 0.6 is 0 Å². The van der Waals surface area contributed by atoms with Gasteiger partial charge in [-0.25, -0.2) is 0 Å². The molecule has 5 heteroatoms. The lowest BCUT2D eigenvalue weighted by atomic mass is 10.2. The Morgan fingerprint density at radius 1 is 1.04 bits per heavy atom. The zero-order chi connectivity index (χ0) is 16.9. The molecule has 24 heavy (non-hydrogen) atoms. The van der Waals surface area contributed by atoms with Gasteiger partial charge in [-0.3, -0.25) is 9.59 Å². The molecule has 0 saturated heterocycles. The first-order chi connectivity index (χ1) is 11.6. The molecule has 2 amide bonds. The van der Waals surface area contributed by atoms with Crippen molar-refractivity contribution in [1.29, 1.82) is 0 Å². The first-order valence-corrected chi connectivity index (χ1v) is 7.75. The van der Waals surface area contributed by atoms with Crippen LogP contribution in [0.3, 0.4) is 0 Å². The summed E-state index contributed by atoms with van der Waals surface area (Å²) >= 11 is 0. The highest BCUT2D eigenvalue weighted by atomic mass is 16.3. The van der Waals surface area contributed by atoms with Crippen LogP contribution in [0.5, 0.6) is 0 Å². The molecule has 0 aliphatic carbocycles. The number of hydrogen-bond acceptors (Lipinski definition) is 3. The third kappa shape index (κ3) is 3.81. The maximum atomic E-state index is 12.1. The Morgan fingerprint density at radius 3 is 2.50 bits per heavy atom. The average Bonchev–Trinajstić information content (AvgIpc) is 2.97. The van der Waals surface area contributed by atoms with Crippen LogP contribution in [0.4, 0.5) is 5.69 Å². The van der Waals surface area contributed by atoms with Gasteiger partial charge in [0.15, 0.2) is 0 Å². The molecule has 0 unspecified atom stereocenters. The third-order valence-corrected chi connectivity index (χ3v) is 3.60. The van der Waals surface area contributed by atoms with Gasteiger partial charge in [-0.1, -0.05) is 18.2 Å². The van der Waals surface area contributed by atoms with Crippen LogP contribution < -0.4 is 10.6 Å². The molecule has 3 rings (SSSR count). The number of nitrogens with one attached hydrogen (secondary N) is 2. The molecule has 0 fully saturated rings. The second kappa shape index (κ2) is 7.00. The fourth-order valence-corrected chi connectivity index (χ4v) is 2.47. The van der Waals surface area contributed by atoms with E-state index in [0.717, 1.165) is 16.7 Å². The number of anilines is 1. The predicted octanol–water partition coefficient (Wildman–Crippen LogP) is 3.36. The number of hydrogen-bond donors (Lipinski definition) is 2. The highest BCUT2D eigenvalue weighted by Gasteiger charge is 2.07. The van der Waals surface area contributed by atoms with Crippen LogP contribution in [0.25, 0.3) is 11.0 Å². The summed E-state index contributed by atoms with van der Waals surface area (Å²) in [5.74, 6) is 0.552. The summed E-state index contributed by atoms with van der Waals surface area (Å²) in [4.78, 5) is 23.1. The SMILES string of the molecule is CC(=O)Nc1ccc(C(=O)NCCc2cc3ccccc3o2)cc1. The van der Waals surface area contributed by atoms with E-state index in [-0.39, 0.29) is 11.8 Å². The number of furan rings is 1. The zero-order valence-electron chi connectivity index (χ0n) is 13.3. The molecule has 0 aliphatic rings. The largest absolute Gasteiger partial charge is 0.461 e. The van der Waals surface area contributed by atoms with Crippen LogP contribution in [0.15, 0.2) is 59.0 Å². The van der Waals surface area contributed by atoms with Crippen LogP contribution in [0.1, 0.15) is 23.0 Å². The van der Waals surface area contributed by atoms with Gasteiger partial charge in [0.25, 0.3) is 5.91 Å². The summed E-state index contributed by atoms with van der Waals surface area (Å²) in [6.07, 6.45) is 0.629. The smallest absolute Gasteiger partial charge is 0.251 e. The molecule has 0 atom stereocenters. The molecular weight excluding hydrogens is 304 g/mol. The quantitative estimate of drug-likeness (QED) is 0.756. The van der Waals surface area contributed by atoms with E-state index in [9.17, 15) is 9.59 Å². The lowest BCUT2D eigenvalue weighted by Crippen LogP contribution is -2.25. The van der Waals surface area contributed by atoms with Crippen molar-refractivity contribution in [3.63, 3.8) is 0 Å². The zero-order valence-corrected chi connectivity index (χ0v) is 13.3. The number of fused-ring (bicyclic) bond motifs is 1. The van der Waals surface area contributed by atoms with Gasteiger partial charge in [-0.15, -0.1) is 0 Å². The Kier molecular flexibility index (Phi) is 4.61. The fourth-order valence-electron chi connectivity index (χ4n) is 2.47. The van der Waals surface area contributed by atoms with Crippen molar-refractivity contribution in [3.8, 4) is 0 Å². The first kappa shape index (κ1) is 15.8. The van der Waals surface area contributed by atoms with E-state index in [1.54, 1.807) is 24.3 Å². The van der Waals surface area contributed by atoms with Crippen molar-refractivity contribution in [2.45, 2.75) is 13.3 Å². The molecule has 0 radical (unpaired) electrons. The van der Waals surface area contributed by atoms with E-state index in [1.807, 2.05) is 30.3 Å². The van der Waals surface area contributed by atoms with E-state index < -0.39 is 0 Å². The number of carbonyl (C=O) groups excluding carboxylic acids is 2. The molecule has 0 aliphatic heterocycles. The van der Waals surface area contributed by atoms with Crippen molar-refractivity contribution in [2.24, 2.45) is 0 Å². The van der Waals surface area contributed by atoms with Crippen molar-refractivity contribution in [2.75, 3.05) is 11.9 Å².